The maximum atomic E-state index is 12.3. The van der Waals surface area contributed by atoms with Crippen LogP contribution in [0.5, 0.6) is 0 Å². The number of ketones is 1. The second-order valence-electron chi connectivity index (χ2n) is 4.60. The molecule has 0 aliphatic carbocycles. The molecule has 106 valence electrons. The van der Waals surface area contributed by atoms with Gasteiger partial charge in [0.15, 0.2) is 5.78 Å². The summed E-state index contributed by atoms with van der Waals surface area (Å²) in [6.07, 6.45) is 1.98. The molecule has 0 saturated carbocycles. The topological polar surface area (TPSA) is 40.5 Å². The number of carbonyl (C=O) groups is 1. The Morgan fingerprint density at radius 2 is 2.05 bits per heavy atom. The summed E-state index contributed by atoms with van der Waals surface area (Å²) < 4.78 is 0.912. The zero-order chi connectivity index (χ0) is 14.3. The van der Waals surface area contributed by atoms with Crippen LogP contribution < -0.4 is 0 Å². The molecule has 0 heterocycles. The molecule has 0 unspecified atom stereocenters. The number of hydrogen-bond acceptors (Lipinski definition) is 3. The summed E-state index contributed by atoms with van der Waals surface area (Å²) in [7, 11) is 0. The van der Waals surface area contributed by atoms with Gasteiger partial charge in [-0.05, 0) is 25.0 Å². The molecule has 0 radical (unpaired) electrons. The van der Waals surface area contributed by atoms with Gasteiger partial charge in [0.2, 0.25) is 0 Å². The minimum atomic E-state index is 0.0856. The summed E-state index contributed by atoms with van der Waals surface area (Å²) in [6, 6.07) is 7.79. The molecule has 1 N–H and O–H groups in total. The zero-order valence-electron chi connectivity index (χ0n) is 11.6. The average molecular weight is 328 g/mol. The van der Waals surface area contributed by atoms with Crippen molar-refractivity contribution in [3.05, 3.63) is 34.3 Å². The third-order valence-electron chi connectivity index (χ3n) is 3.34. The van der Waals surface area contributed by atoms with Gasteiger partial charge in [0.25, 0.3) is 0 Å². The Balaban J connectivity index is 2.75. The van der Waals surface area contributed by atoms with Gasteiger partial charge in [-0.2, -0.15) is 0 Å². The Morgan fingerprint density at radius 3 is 2.58 bits per heavy atom. The molecule has 0 bridgehead atoms. The van der Waals surface area contributed by atoms with E-state index < -0.39 is 0 Å². The minimum Gasteiger partial charge on any atom is -0.395 e. The molecule has 0 spiro atoms. The van der Waals surface area contributed by atoms with Crippen LogP contribution in [0.25, 0.3) is 0 Å². The van der Waals surface area contributed by atoms with Crippen molar-refractivity contribution in [2.45, 2.75) is 32.7 Å². The van der Waals surface area contributed by atoms with Gasteiger partial charge in [0.1, 0.15) is 0 Å². The van der Waals surface area contributed by atoms with Gasteiger partial charge in [-0.15, -0.1) is 0 Å². The lowest BCUT2D eigenvalue weighted by Gasteiger charge is -2.29. The van der Waals surface area contributed by atoms with Crippen LogP contribution in [0.15, 0.2) is 28.7 Å². The number of halogens is 1. The van der Waals surface area contributed by atoms with Gasteiger partial charge >= 0.3 is 0 Å². The smallest absolute Gasteiger partial charge is 0.176 e. The highest BCUT2D eigenvalue weighted by Gasteiger charge is 2.18. The molecule has 4 heteroatoms. The van der Waals surface area contributed by atoms with E-state index in [-0.39, 0.29) is 12.4 Å². The third kappa shape index (κ3) is 5.05. The highest BCUT2D eigenvalue weighted by Crippen LogP contribution is 2.14. The maximum Gasteiger partial charge on any atom is 0.176 e. The van der Waals surface area contributed by atoms with E-state index in [4.69, 9.17) is 5.11 Å². The van der Waals surface area contributed by atoms with Gasteiger partial charge in [0, 0.05) is 22.6 Å². The normalized spacial score (nSPS) is 11.3. The molecule has 0 amide bonds. The molecule has 19 heavy (non-hydrogen) atoms. The second-order valence-corrected chi connectivity index (χ2v) is 5.51. The number of benzene rings is 1. The van der Waals surface area contributed by atoms with Crippen LogP contribution in [0, 0.1) is 0 Å². The number of Topliss-reactive ketones (excluding diaryl/α,β-unsaturated/α-hetero) is 1. The zero-order valence-corrected chi connectivity index (χ0v) is 13.2. The first kappa shape index (κ1) is 16.3. The predicted octanol–water partition coefficient (Wildman–Crippen LogP) is 3.11. The minimum absolute atomic E-state index is 0.0856. The van der Waals surface area contributed by atoms with Crippen molar-refractivity contribution in [1.29, 1.82) is 0 Å². The van der Waals surface area contributed by atoms with Crippen molar-refractivity contribution >= 4 is 21.7 Å². The van der Waals surface area contributed by atoms with Crippen LogP contribution in [-0.2, 0) is 0 Å². The quantitative estimate of drug-likeness (QED) is 0.746. The van der Waals surface area contributed by atoms with Crippen molar-refractivity contribution in [1.82, 2.24) is 4.90 Å². The second kappa shape index (κ2) is 8.46. The Hall–Kier alpha value is -0.710. The molecule has 0 aliphatic heterocycles. The van der Waals surface area contributed by atoms with Crippen molar-refractivity contribution in [3.8, 4) is 0 Å². The van der Waals surface area contributed by atoms with Crippen molar-refractivity contribution in [2.75, 3.05) is 19.7 Å². The van der Waals surface area contributed by atoms with Crippen LogP contribution in [-0.4, -0.2) is 41.5 Å². The molecule has 0 aliphatic rings. The summed E-state index contributed by atoms with van der Waals surface area (Å²) in [5.74, 6) is 0.0988. The van der Waals surface area contributed by atoms with E-state index in [2.05, 4.69) is 34.7 Å². The molecule has 0 atom stereocenters. The fourth-order valence-corrected chi connectivity index (χ4v) is 2.66. The largest absolute Gasteiger partial charge is 0.395 e. The lowest BCUT2D eigenvalue weighted by atomic mass is 10.1. The Labute approximate surface area is 123 Å². The van der Waals surface area contributed by atoms with Crippen LogP contribution >= 0.6 is 15.9 Å². The molecule has 3 nitrogen and oxygen atoms in total. The summed E-state index contributed by atoms with van der Waals surface area (Å²) in [5, 5.41) is 9.14. The molecule has 1 aromatic rings. The monoisotopic (exact) mass is 327 g/mol. The maximum absolute atomic E-state index is 12.3. The van der Waals surface area contributed by atoms with E-state index in [9.17, 15) is 4.79 Å². The number of aliphatic hydroxyl groups excluding tert-OH is 1. The molecule has 1 aromatic carbocycles. The Bertz CT molecular complexity index is 405. The van der Waals surface area contributed by atoms with E-state index in [1.807, 2.05) is 24.3 Å². The summed E-state index contributed by atoms with van der Waals surface area (Å²) >= 11 is 3.38. The lowest BCUT2D eigenvalue weighted by Crippen LogP contribution is -2.40. The Kier molecular flexibility index (Phi) is 7.28. The highest BCUT2D eigenvalue weighted by atomic mass is 79.9. The first-order valence-electron chi connectivity index (χ1n) is 6.76. The number of rotatable bonds is 8. The van der Waals surface area contributed by atoms with E-state index in [1.165, 1.54) is 0 Å². The van der Waals surface area contributed by atoms with Gasteiger partial charge in [-0.3, -0.25) is 9.69 Å². The Morgan fingerprint density at radius 1 is 1.37 bits per heavy atom. The van der Waals surface area contributed by atoms with Gasteiger partial charge in [0.05, 0.1) is 13.2 Å². The summed E-state index contributed by atoms with van der Waals surface area (Å²) in [5.41, 5.74) is 0.711. The van der Waals surface area contributed by atoms with E-state index >= 15 is 0 Å². The van der Waals surface area contributed by atoms with Gasteiger partial charge in [-0.1, -0.05) is 41.9 Å². The highest BCUT2D eigenvalue weighted by molar-refractivity contribution is 9.10. The van der Waals surface area contributed by atoms with Crippen molar-refractivity contribution in [3.63, 3.8) is 0 Å². The summed E-state index contributed by atoms with van der Waals surface area (Å²) in [6.45, 7) is 5.22. The third-order valence-corrected chi connectivity index (χ3v) is 3.83. The van der Waals surface area contributed by atoms with E-state index in [0.29, 0.717) is 24.7 Å². The number of nitrogens with zero attached hydrogens (tertiary/aromatic N) is 1. The van der Waals surface area contributed by atoms with E-state index in [1.54, 1.807) is 0 Å². The predicted molar refractivity (Wildman–Crippen MR) is 81.5 cm³/mol. The molecule has 0 aromatic heterocycles. The molecular weight excluding hydrogens is 306 g/mol. The van der Waals surface area contributed by atoms with Gasteiger partial charge < -0.3 is 5.11 Å². The van der Waals surface area contributed by atoms with Crippen molar-refractivity contribution in [2.24, 2.45) is 0 Å². The van der Waals surface area contributed by atoms with Crippen LogP contribution in [0.1, 0.15) is 37.0 Å². The standard InChI is InChI=1S/C15H22BrNO2/c1-3-14(4-2)17(8-9-18)11-15(19)12-6-5-7-13(16)10-12/h5-7,10,14,18H,3-4,8-9,11H2,1-2H3. The average Bonchev–Trinajstić information content (AvgIpc) is 2.40. The molecule has 0 saturated heterocycles. The molecular formula is C15H22BrNO2. The van der Waals surface area contributed by atoms with E-state index in [0.717, 1.165) is 17.3 Å². The van der Waals surface area contributed by atoms with Crippen molar-refractivity contribution < 1.29 is 9.90 Å². The number of aliphatic hydroxyl groups is 1. The first-order valence-corrected chi connectivity index (χ1v) is 7.55. The van der Waals surface area contributed by atoms with Crippen LogP contribution in [0.3, 0.4) is 0 Å². The number of carbonyl (C=O) groups excluding carboxylic acids is 1. The lowest BCUT2D eigenvalue weighted by molar-refractivity contribution is 0.0850. The first-order chi connectivity index (χ1) is 9.12. The van der Waals surface area contributed by atoms with Gasteiger partial charge in [-0.25, -0.2) is 0 Å². The SMILES string of the molecule is CCC(CC)N(CCO)CC(=O)c1cccc(Br)c1. The van der Waals surface area contributed by atoms with Crippen LogP contribution in [0.2, 0.25) is 0 Å². The molecule has 1 rings (SSSR count). The number of hydrogen-bond donors (Lipinski definition) is 1. The fraction of sp³-hybridized carbons (Fsp3) is 0.533. The van der Waals surface area contributed by atoms with Crippen LogP contribution in [0.4, 0.5) is 0 Å². The fourth-order valence-electron chi connectivity index (χ4n) is 2.26. The summed E-state index contributed by atoms with van der Waals surface area (Å²) in [4.78, 5) is 14.3. The molecule has 0 fully saturated rings.